The van der Waals surface area contributed by atoms with Crippen LogP contribution >= 0.6 is 0 Å². The molecule has 0 atom stereocenters. The van der Waals surface area contributed by atoms with Gasteiger partial charge in [-0.15, -0.1) is 0 Å². The lowest BCUT2D eigenvalue weighted by atomic mass is 10.4. The van der Waals surface area contributed by atoms with Crippen LogP contribution in [0.4, 0.5) is 0 Å². The lowest BCUT2D eigenvalue weighted by Crippen LogP contribution is -2.17. The Labute approximate surface area is 93.9 Å². The second-order valence-electron chi connectivity index (χ2n) is 3.28. The van der Waals surface area contributed by atoms with Crippen LogP contribution in [0.1, 0.15) is 27.2 Å². The van der Waals surface area contributed by atoms with Crippen molar-refractivity contribution < 1.29 is 4.79 Å². The third kappa shape index (κ3) is 19.2. The molecule has 0 spiro atoms. The van der Waals surface area contributed by atoms with Crippen molar-refractivity contribution in [2.75, 3.05) is 14.1 Å². The number of hydrogen-bond donors (Lipinski definition) is 0. The van der Waals surface area contributed by atoms with Crippen molar-refractivity contribution in [3.8, 4) is 0 Å². The maximum Gasteiger partial charge on any atom is 0.218 e. The van der Waals surface area contributed by atoms with Gasteiger partial charge in [-0.3, -0.25) is 4.79 Å². The van der Waals surface area contributed by atoms with Crippen LogP contribution in [0.2, 0.25) is 0 Å². The minimum atomic E-state index is 0.0926. The number of benzene rings is 1. The first-order chi connectivity index (χ1) is 7.06. The van der Waals surface area contributed by atoms with Gasteiger partial charge in [0.2, 0.25) is 5.91 Å². The molecule has 1 amide bonds. The summed E-state index contributed by atoms with van der Waals surface area (Å²) in [6, 6.07) is 12.0. The fraction of sp³-hybridized carbons (Fsp3) is 0.462. The molecule has 0 fully saturated rings. The minimum absolute atomic E-state index is 0.0926. The molecule has 0 aliphatic rings. The molecule has 0 heterocycles. The van der Waals surface area contributed by atoms with E-state index >= 15 is 0 Å². The Bertz CT molecular complexity index is 193. The van der Waals surface area contributed by atoms with Gasteiger partial charge in [0.15, 0.2) is 0 Å². The number of carbonyl (C=O) groups is 1. The highest BCUT2D eigenvalue weighted by Crippen LogP contribution is 1.79. The zero-order chi connectivity index (χ0) is 12.1. The predicted molar refractivity (Wildman–Crippen MR) is 66.8 cm³/mol. The molecule has 0 aromatic heterocycles. The van der Waals surface area contributed by atoms with Crippen molar-refractivity contribution in [1.82, 2.24) is 4.90 Å². The maximum atomic E-state index is 10.1. The lowest BCUT2D eigenvalue weighted by molar-refractivity contribution is -0.126. The van der Waals surface area contributed by atoms with Crippen molar-refractivity contribution in [3.63, 3.8) is 0 Å². The fourth-order valence-corrected chi connectivity index (χ4v) is 0.385. The van der Waals surface area contributed by atoms with Gasteiger partial charge in [-0.2, -0.15) is 0 Å². The van der Waals surface area contributed by atoms with Crippen LogP contribution in [0, 0.1) is 0 Å². The van der Waals surface area contributed by atoms with Crippen molar-refractivity contribution in [2.24, 2.45) is 0 Å². The molecule has 0 radical (unpaired) electrons. The largest absolute Gasteiger partial charge is 0.349 e. The van der Waals surface area contributed by atoms with Crippen LogP contribution in [0.3, 0.4) is 0 Å². The van der Waals surface area contributed by atoms with E-state index in [2.05, 4.69) is 13.8 Å². The molecule has 0 saturated carbocycles. The van der Waals surface area contributed by atoms with E-state index in [-0.39, 0.29) is 5.91 Å². The highest BCUT2D eigenvalue weighted by Gasteiger charge is 1.87. The molecule has 0 aliphatic carbocycles. The van der Waals surface area contributed by atoms with Gasteiger partial charge in [0.25, 0.3) is 0 Å². The lowest BCUT2D eigenvalue weighted by Gasteiger charge is -2.02. The first-order valence-electron chi connectivity index (χ1n) is 5.24. The number of nitrogens with zero attached hydrogens (tertiary/aromatic N) is 1. The average Bonchev–Trinajstić information content (AvgIpc) is 2.22. The van der Waals surface area contributed by atoms with Crippen LogP contribution in [-0.4, -0.2) is 24.9 Å². The van der Waals surface area contributed by atoms with Gasteiger partial charge in [-0.25, -0.2) is 0 Å². The maximum absolute atomic E-state index is 10.1. The molecule has 0 aliphatic heterocycles. The molecule has 0 unspecified atom stereocenters. The second-order valence-corrected chi connectivity index (χ2v) is 3.28. The first kappa shape index (κ1) is 16.1. The van der Waals surface area contributed by atoms with Crippen molar-refractivity contribution >= 4 is 5.91 Å². The summed E-state index contributed by atoms with van der Waals surface area (Å²) in [7, 11) is 3.45. The Balaban J connectivity index is 0. The fourth-order valence-electron chi connectivity index (χ4n) is 0.385. The van der Waals surface area contributed by atoms with E-state index < -0.39 is 0 Å². The first-order valence-corrected chi connectivity index (χ1v) is 5.24. The molecule has 1 rings (SSSR count). The molecule has 0 saturated heterocycles. The smallest absolute Gasteiger partial charge is 0.218 e. The van der Waals surface area contributed by atoms with Gasteiger partial charge in [0.05, 0.1) is 0 Å². The Morgan fingerprint density at radius 1 is 0.933 bits per heavy atom. The highest BCUT2D eigenvalue weighted by molar-refractivity contribution is 5.72. The van der Waals surface area contributed by atoms with Gasteiger partial charge in [-0.1, -0.05) is 56.7 Å². The molecular formula is C13H23NO. The summed E-state index contributed by atoms with van der Waals surface area (Å²) in [6.45, 7) is 5.78. The van der Waals surface area contributed by atoms with Gasteiger partial charge >= 0.3 is 0 Å². The van der Waals surface area contributed by atoms with Crippen LogP contribution in [0.15, 0.2) is 36.4 Å². The van der Waals surface area contributed by atoms with E-state index in [1.165, 1.54) is 18.2 Å². The van der Waals surface area contributed by atoms with E-state index in [1.54, 1.807) is 14.1 Å². The molecule has 1 aromatic rings. The zero-order valence-corrected chi connectivity index (χ0v) is 10.5. The van der Waals surface area contributed by atoms with Crippen molar-refractivity contribution in [3.05, 3.63) is 36.4 Å². The summed E-state index contributed by atoms with van der Waals surface area (Å²) in [5.41, 5.74) is 0. The number of amides is 1. The molecular weight excluding hydrogens is 186 g/mol. The van der Waals surface area contributed by atoms with Crippen LogP contribution in [0.25, 0.3) is 0 Å². The average molecular weight is 209 g/mol. The second kappa shape index (κ2) is 12.7. The Hall–Kier alpha value is -1.31. The zero-order valence-electron chi connectivity index (χ0n) is 10.5. The summed E-state index contributed by atoms with van der Waals surface area (Å²) in [6.07, 6.45) is 1.25. The van der Waals surface area contributed by atoms with E-state index in [0.29, 0.717) is 0 Å². The third-order valence-corrected chi connectivity index (χ3v) is 1.30. The summed E-state index contributed by atoms with van der Waals surface area (Å²) in [5.74, 6) is 0.0926. The molecule has 2 heteroatoms. The summed E-state index contributed by atoms with van der Waals surface area (Å²) in [5, 5.41) is 0. The standard InChI is InChI=1S/C6H6.C4H9NO.C3H8/c1-2-4-6-5-3-1;1-4(6)5(2)3;1-3-2/h1-6H;1-3H3;3H2,1-2H3. The summed E-state index contributed by atoms with van der Waals surface area (Å²) >= 11 is 0. The Morgan fingerprint density at radius 2 is 1.07 bits per heavy atom. The number of rotatable bonds is 0. The van der Waals surface area contributed by atoms with E-state index in [0.717, 1.165) is 0 Å². The Kier molecular flexibility index (Phi) is 13.6. The van der Waals surface area contributed by atoms with Gasteiger partial charge in [0, 0.05) is 21.0 Å². The highest BCUT2D eigenvalue weighted by atomic mass is 16.2. The van der Waals surface area contributed by atoms with Gasteiger partial charge in [0.1, 0.15) is 0 Å². The van der Waals surface area contributed by atoms with E-state index in [4.69, 9.17) is 0 Å². The normalized spacial score (nSPS) is 7.53. The SMILES string of the molecule is CC(=O)N(C)C.CCC.c1ccccc1. The van der Waals surface area contributed by atoms with Gasteiger partial charge < -0.3 is 4.90 Å². The molecule has 0 bridgehead atoms. The molecule has 86 valence electrons. The molecule has 0 N–H and O–H groups in total. The summed E-state index contributed by atoms with van der Waals surface area (Å²) in [4.78, 5) is 11.6. The molecule has 1 aromatic carbocycles. The summed E-state index contributed by atoms with van der Waals surface area (Å²) < 4.78 is 0. The number of hydrogen-bond acceptors (Lipinski definition) is 1. The van der Waals surface area contributed by atoms with Crippen molar-refractivity contribution in [2.45, 2.75) is 27.2 Å². The van der Waals surface area contributed by atoms with Crippen LogP contribution in [0.5, 0.6) is 0 Å². The minimum Gasteiger partial charge on any atom is -0.349 e. The predicted octanol–water partition coefficient (Wildman–Crippen LogP) is 3.20. The van der Waals surface area contributed by atoms with Crippen LogP contribution < -0.4 is 0 Å². The monoisotopic (exact) mass is 209 g/mol. The van der Waals surface area contributed by atoms with Crippen LogP contribution in [-0.2, 0) is 4.79 Å². The van der Waals surface area contributed by atoms with E-state index in [9.17, 15) is 4.79 Å². The molecule has 2 nitrogen and oxygen atoms in total. The quantitative estimate of drug-likeness (QED) is 0.642. The Morgan fingerprint density at radius 3 is 1.13 bits per heavy atom. The van der Waals surface area contributed by atoms with Crippen molar-refractivity contribution in [1.29, 1.82) is 0 Å². The topological polar surface area (TPSA) is 20.3 Å². The number of carbonyl (C=O) groups excluding carboxylic acids is 1. The van der Waals surface area contributed by atoms with E-state index in [1.807, 2.05) is 36.4 Å². The van der Waals surface area contributed by atoms with Gasteiger partial charge in [-0.05, 0) is 0 Å². The molecule has 15 heavy (non-hydrogen) atoms. The third-order valence-electron chi connectivity index (χ3n) is 1.30.